The highest BCUT2D eigenvalue weighted by Crippen LogP contribution is 2.48. The van der Waals surface area contributed by atoms with E-state index in [2.05, 4.69) is 54.3 Å². The third-order valence-electron chi connectivity index (χ3n) is 2.99. The third-order valence-corrected chi connectivity index (χ3v) is 5.47. The van der Waals surface area contributed by atoms with Gasteiger partial charge in [-0.15, -0.1) is 0 Å². The number of benzene rings is 1. The van der Waals surface area contributed by atoms with E-state index in [1.807, 2.05) is 11.8 Å². The summed E-state index contributed by atoms with van der Waals surface area (Å²) < 4.78 is 6.74. The number of fused-ring (bicyclic) bond motifs is 1. The van der Waals surface area contributed by atoms with Crippen molar-refractivity contribution in [1.29, 1.82) is 0 Å². The van der Waals surface area contributed by atoms with Crippen LogP contribution in [0.2, 0.25) is 0 Å². The molecule has 1 heterocycles. The van der Waals surface area contributed by atoms with Crippen LogP contribution in [0.1, 0.15) is 19.4 Å². The van der Waals surface area contributed by atoms with Crippen LogP contribution in [0.3, 0.4) is 0 Å². The average Bonchev–Trinajstić information content (AvgIpc) is 2.59. The number of ether oxygens (including phenoxy) is 1. The van der Waals surface area contributed by atoms with Crippen LogP contribution in [0.25, 0.3) is 0 Å². The second-order valence-corrected chi connectivity index (χ2v) is 6.30. The van der Waals surface area contributed by atoms with Crippen molar-refractivity contribution in [3.63, 3.8) is 0 Å². The van der Waals surface area contributed by atoms with Crippen LogP contribution in [0.5, 0.6) is 5.75 Å². The van der Waals surface area contributed by atoms with Crippen molar-refractivity contribution < 1.29 is 4.74 Å². The molecule has 16 heavy (non-hydrogen) atoms. The van der Waals surface area contributed by atoms with Crippen LogP contribution >= 0.6 is 34.4 Å². The van der Waals surface area contributed by atoms with Gasteiger partial charge in [-0.1, -0.05) is 11.8 Å². The van der Waals surface area contributed by atoms with Crippen molar-refractivity contribution in [2.24, 2.45) is 0 Å². The van der Waals surface area contributed by atoms with E-state index < -0.39 is 0 Å². The summed E-state index contributed by atoms with van der Waals surface area (Å²) in [6, 6.07) is 2.17. The monoisotopic (exact) mass is 349 g/mol. The molecular weight excluding hydrogens is 333 g/mol. The van der Waals surface area contributed by atoms with Crippen LogP contribution < -0.4 is 9.64 Å². The van der Waals surface area contributed by atoms with Gasteiger partial charge < -0.3 is 9.64 Å². The van der Waals surface area contributed by atoms with Crippen molar-refractivity contribution in [1.82, 2.24) is 0 Å². The molecule has 0 aliphatic carbocycles. The predicted molar refractivity (Wildman–Crippen MR) is 78.8 cm³/mol. The summed E-state index contributed by atoms with van der Waals surface area (Å²) in [6.07, 6.45) is 0. The highest BCUT2D eigenvalue weighted by atomic mass is 127. The lowest BCUT2D eigenvalue weighted by molar-refractivity contribution is 0.410. The van der Waals surface area contributed by atoms with E-state index in [4.69, 9.17) is 4.74 Å². The summed E-state index contributed by atoms with van der Waals surface area (Å²) in [5, 5.41) is 0.528. The van der Waals surface area contributed by atoms with Gasteiger partial charge >= 0.3 is 0 Å². The maximum Gasteiger partial charge on any atom is 0.124 e. The molecule has 88 valence electrons. The predicted octanol–water partition coefficient (Wildman–Crippen LogP) is 3.89. The molecule has 0 N–H and O–H groups in total. The van der Waals surface area contributed by atoms with E-state index in [9.17, 15) is 0 Å². The van der Waals surface area contributed by atoms with E-state index in [1.165, 1.54) is 19.7 Å². The zero-order valence-electron chi connectivity index (χ0n) is 10.0. The van der Waals surface area contributed by atoms with Gasteiger partial charge in [-0.05, 0) is 49.4 Å². The summed E-state index contributed by atoms with van der Waals surface area (Å²) in [5.41, 5.74) is 2.63. The highest BCUT2D eigenvalue weighted by molar-refractivity contribution is 14.1. The van der Waals surface area contributed by atoms with Crippen LogP contribution in [0.4, 0.5) is 5.69 Å². The Labute approximate surface area is 115 Å². The number of thioether (sulfide) groups is 1. The topological polar surface area (TPSA) is 12.5 Å². The summed E-state index contributed by atoms with van der Waals surface area (Å²) in [7, 11) is 1.74. The summed E-state index contributed by atoms with van der Waals surface area (Å²) in [5.74, 6) is 1.00. The van der Waals surface area contributed by atoms with Crippen LogP contribution in [0, 0.1) is 10.5 Å². The molecule has 0 bridgehead atoms. The molecular formula is C12H16INOS. The molecule has 0 saturated heterocycles. The smallest absolute Gasteiger partial charge is 0.124 e. The Balaban J connectivity index is 2.58. The normalized spacial score (nSPS) is 18.8. The highest BCUT2D eigenvalue weighted by Gasteiger charge is 2.29. The zero-order chi connectivity index (χ0) is 11.9. The fraction of sp³-hybridized carbons (Fsp3) is 0.500. The molecule has 2 nitrogen and oxygen atoms in total. The minimum atomic E-state index is 0.528. The number of halogens is 1. The number of rotatable bonds is 2. The van der Waals surface area contributed by atoms with Crippen LogP contribution in [-0.4, -0.2) is 19.0 Å². The first-order valence-corrected chi connectivity index (χ1v) is 7.36. The molecule has 1 aromatic carbocycles. The standard InChI is InChI=1S/C12H16INOS/c1-5-14-8(3)16-10-6-9(15-4)7(2)11(13)12(10)14/h6,8H,5H2,1-4H3. The van der Waals surface area contributed by atoms with Gasteiger partial charge in [0.15, 0.2) is 0 Å². The molecule has 1 aromatic rings. The van der Waals surface area contributed by atoms with Crippen LogP contribution in [0.15, 0.2) is 11.0 Å². The number of anilines is 1. The SMILES string of the molecule is CCN1c2c(cc(OC)c(C)c2I)SC1C. The van der Waals surface area contributed by atoms with E-state index in [-0.39, 0.29) is 0 Å². The molecule has 0 aromatic heterocycles. The zero-order valence-corrected chi connectivity index (χ0v) is 13.0. The molecule has 0 fully saturated rings. The lowest BCUT2D eigenvalue weighted by Gasteiger charge is -2.23. The Hall–Kier alpha value is -0.100. The van der Waals surface area contributed by atoms with Crippen molar-refractivity contribution in [3.05, 3.63) is 15.2 Å². The molecule has 1 aliphatic heterocycles. The molecule has 0 radical (unpaired) electrons. The Morgan fingerprint density at radius 1 is 1.56 bits per heavy atom. The maximum absolute atomic E-state index is 5.42. The average molecular weight is 349 g/mol. The van der Waals surface area contributed by atoms with E-state index in [0.717, 1.165) is 12.3 Å². The molecule has 0 saturated carbocycles. The maximum atomic E-state index is 5.42. The Morgan fingerprint density at radius 2 is 2.25 bits per heavy atom. The van der Waals surface area contributed by atoms with Gasteiger partial charge in [0.2, 0.25) is 0 Å². The molecule has 1 unspecified atom stereocenters. The van der Waals surface area contributed by atoms with Gasteiger partial charge in [-0.2, -0.15) is 0 Å². The number of hydrogen-bond donors (Lipinski definition) is 0. The Bertz CT molecular complexity index is 422. The van der Waals surface area contributed by atoms with E-state index in [0.29, 0.717) is 5.37 Å². The first kappa shape index (κ1) is 12.4. The number of hydrogen-bond acceptors (Lipinski definition) is 3. The summed E-state index contributed by atoms with van der Waals surface area (Å²) in [6.45, 7) is 7.65. The van der Waals surface area contributed by atoms with Gasteiger partial charge in [0.25, 0.3) is 0 Å². The van der Waals surface area contributed by atoms with Gasteiger partial charge in [0.1, 0.15) is 5.75 Å². The molecule has 0 amide bonds. The van der Waals surface area contributed by atoms with Gasteiger partial charge in [-0.25, -0.2) is 0 Å². The van der Waals surface area contributed by atoms with Crippen molar-refractivity contribution in [2.45, 2.75) is 31.0 Å². The third kappa shape index (κ3) is 1.79. The molecule has 0 spiro atoms. The second kappa shape index (κ2) is 4.64. The molecule has 1 aliphatic rings. The van der Waals surface area contributed by atoms with E-state index in [1.54, 1.807) is 7.11 Å². The quantitative estimate of drug-likeness (QED) is 0.752. The number of nitrogens with zero attached hydrogens (tertiary/aromatic N) is 1. The minimum Gasteiger partial charge on any atom is -0.496 e. The van der Waals surface area contributed by atoms with Crippen molar-refractivity contribution in [3.8, 4) is 5.75 Å². The molecule has 1 atom stereocenters. The van der Waals surface area contributed by atoms with Gasteiger partial charge in [0.05, 0.1) is 18.2 Å². The van der Waals surface area contributed by atoms with Gasteiger partial charge in [0, 0.05) is 20.6 Å². The Morgan fingerprint density at radius 3 is 2.81 bits per heavy atom. The summed E-state index contributed by atoms with van der Waals surface area (Å²) >= 11 is 4.35. The second-order valence-electron chi connectivity index (χ2n) is 3.87. The Kier molecular flexibility index (Phi) is 3.59. The summed E-state index contributed by atoms with van der Waals surface area (Å²) in [4.78, 5) is 3.80. The molecule has 2 rings (SSSR count). The first-order chi connectivity index (χ1) is 7.60. The number of methoxy groups -OCH3 is 1. The van der Waals surface area contributed by atoms with Gasteiger partial charge in [-0.3, -0.25) is 0 Å². The van der Waals surface area contributed by atoms with Crippen molar-refractivity contribution in [2.75, 3.05) is 18.6 Å². The largest absolute Gasteiger partial charge is 0.496 e. The molecule has 4 heteroatoms. The minimum absolute atomic E-state index is 0.528. The lowest BCUT2D eigenvalue weighted by atomic mass is 10.2. The fourth-order valence-electron chi connectivity index (χ4n) is 2.10. The first-order valence-electron chi connectivity index (χ1n) is 5.40. The van der Waals surface area contributed by atoms with E-state index >= 15 is 0 Å². The van der Waals surface area contributed by atoms with Crippen molar-refractivity contribution >= 4 is 40.0 Å². The lowest BCUT2D eigenvalue weighted by Crippen LogP contribution is -2.26. The van der Waals surface area contributed by atoms with Crippen LogP contribution in [-0.2, 0) is 0 Å². The fourth-order valence-corrected chi connectivity index (χ4v) is 4.41.